The number of alkyl halides is 5. The summed E-state index contributed by atoms with van der Waals surface area (Å²) in [7, 11) is 0. The van der Waals surface area contributed by atoms with Crippen LogP contribution in [0.4, 0.5) is 26.7 Å². The molecule has 13 heteroatoms. The van der Waals surface area contributed by atoms with Crippen LogP contribution >= 0.6 is 23.4 Å². The third-order valence-electron chi connectivity index (χ3n) is 6.08. The number of halogens is 6. The molecule has 5 rings (SSSR count). The zero-order chi connectivity index (χ0) is 26.5. The molecule has 2 saturated heterocycles. The fraction of sp³-hybridized carbons (Fsp3) is 0.292. The Hall–Kier alpha value is -2.96. The van der Waals surface area contributed by atoms with Gasteiger partial charge in [-0.1, -0.05) is 23.7 Å². The number of thioether (sulfide) groups is 1. The highest BCUT2D eigenvalue weighted by Gasteiger charge is 2.44. The molecule has 2 aliphatic heterocycles. The molecule has 2 aliphatic rings. The maximum absolute atomic E-state index is 13.5. The fourth-order valence-electron chi connectivity index (χ4n) is 4.28. The minimum atomic E-state index is -4.57. The summed E-state index contributed by atoms with van der Waals surface area (Å²) in [5.41, 5.74) is 0.363. The quantitative estimate of drug-likeness (QED) is 0.286. The van der Waals surface area contributed by atoms with Gasteiger partial charge in [-0.3, -0.25) is 24.1 Å². The van der Waals surface area contributed by atoms with Gasteiger partial charge >= 0.3 is 6.18 Å². The predicted octanol–water partition coefficient (Wildman–Crippen LogP) is 5.74. The van der Waals surface area contributed by atoms with Gasteiger partial charge in [0.2, 0.25) is 0 Å². The molecular formula is C24H18ClF5N4O2S. The first-order chi connectivity index (χ1) is 17.4. The summed E-state index contributed by atoms with van der Waals surface area (Å²) in [6, 6.07) is 8.64. The molecule has 37 heavy (non-hydrogen) atoms. The Balaban J connectivity index is 1.32. The number of hydrogen-bond acceptors (Lipinski definition) is 5. The van der Waals surface area contributed by atoms with Crippen LogP contribution < -0.4 is 0 Å². The van der Waals surface area contributed by atoms with Gasteiger partial charge in [0, 0.05) is 23.5 Å². The third kappa shape index (κ3) is 5.36. The topological polar surface area (TPSA) is 58.4 Å². The smallest absolute Gasteiger partial charge is 0.290 e. The summed E-state index contributed by atoms with van der Waals surface area (Å²) in [4.78, 5) is 27.7. The number of hydrogen-bond donors (Lipinski definition) is 0. The van der Waals surface area contributed by atoms with Crippen LogP contribution in [0.2, 0.25) is 5.02 Å². The monoisotopic (exact) mass is 556 g/mol. The Labute approximate surface area is 216 Å². The highest BCUT2D eigenvalue weighted by Crippen LogP contribution is 2.35. The largest absolute Gasteiger partial charge is 0.416 e. The number of carbonyl (C=O) groups excluding carboxylic acids is 2. The molecule has 2 aromatic carbocycles. The molecule has 0 aliphatic carbocycles. The summed E-state index contributed by atoms with van der Waals surface area (Å²) < 4.78 is 67.8. The highest BCUT2D eigenvalue weighted by molar-refractivity contribution is 8.18. The predicted molar refractivity (Wildman–Crippen MR) is 129 cm³/mol. The fourth-order valence-corrected chi connectivity index (χ4v) is 5.32. The Bertz CT molecular complexity index is 1430. The maximum Gasteiger partial charge on any atom is 0.416 e. The second-order valence-electron chi connectivity index (χ2n) is 8.82. The zero-order valence-corrected chi connectivity index (χ0v) is 20.5. The molecule has 0 spiro atoms. The van der Waals surface area contributed by atoms with E-state index in [1.54, 1.807) is 24.3 Å². The van der Waals surface area contributed by atoms with Crippen LogP contribution in [0, 0.1) is 0 Å². The van der Waals surface area contributed by atoms with Gasteiger partial charge < -0.3 is 0 Å². The number of fused-ring (bicyclic) bond motifs is 1. The van der Waals surface area contributed by atoms with Crippen molar-refractivity contribution in [3.8, 4) is 0 Å². The first-order valence-electron chi connectivity index (χ1n) is 11.1. The first kappa shape index (κ1) is 25.7. The molecule has 1 aromatic heterocycles. The van der Waals surface area contributed by atoms with Crippen LogP contribution in [0.5, 0.6) is 0 Å². The van der Waals surface area contributed by atoms with Gasteiger partial charge in [0.25, 0.3) is 17.1 Å². The molecule has 0 bridgehead atoms. The van der Waals surface area contributed by atoms with Crippen molar-refractivity contribution in [1.82, 2.24) is 19.6 Å². The van der Waals surface area contributed by atoms with Crippen molar-refractivity contribution in [2.45, 2.75) is 18.6 Å². The molecule has 0 radical (unpaired) electrons. The van der Waals surface area contributed by atoms with Crippen LogP contribution in [-0.4, -0.2) is 62.8 Å². The van der Waals surface area contributed by atoms with E-state index < -0.39 is 28.8 Å². The lowest BCUT2D eigenvalue weighted by Crippen LogP contribution is -2.57. The molecule has 0 atom stereocenters. The molecule has 3 aromatic rings. The number of aromatic nitrogens is 2. The number of nitrogens with zero attached hydrogens (tertiary/aromatic N) is 4. The number of amides is 2. The van der Waals surface area contributed by atoms with Crippen LogP contribution in [0.15, 0.2) is 47.5 Å². The molecule has 0 saturated carbocycles. The van der Waals surface area contributed by atoms with E-state index in [2.05, 4.69) is 5.10 Å². The van der Waals surface area contributed by atoms with E-state index in [4.69, 9.17) is 11.6 Å². The van der Waals surface area contributed by atoms with Gasteiger partial charge in [-0.25, -0.2) is 8.78 Å². The van der Waals surface area contributed by atoms with Crippen molar-refractivity contribution in [2.24, 2.45) is 0 Å². The van der Waals surface area contributed by atoms with Gasteiger partial charge in [0.15, 0.2) is 0 Å². The Kier molecular flexibility index (Phi) is 6.53. The number of likely N-dealkylation sites (tertiary alicyclic amines) is 1. The first-order valence-corrected chi connectivity index (χ1v) is 12.3. The number of benzene rings is 2. The molecule has 2 fully saturated rings. The van der Waals surface area contributed by atoms with Gasteiger partial charge in [-0.15, -0.1) is 0 Å². The average Bonchev–Trinajstić information content (AvgIpc) is 3.31. The second-order valence-corrected chi connectivity index (χ2v) is 10.2. The van der Waals surface area contributed by atoms with Gasteiger partial charge in [0.05, 0.1) is 41.8 Å². The summed E-state index contributed by atoms with van der Waals surface area (Å²) in [5.74, 6) is -3.22. The lowest BCUT2D eigenvalue weighted by molar-refractivity contribution is -0.138. The normalized spacial score (nSPS) is 19.3. The molecule has 2 amide bonds. The van der Waals surface area contributed by atoms with Crippen molar-refractivity contribution >= 4 is 51.5 Å². The highest BCUT2D eigenvalue weighted by atomic mass is 35.5. The Morgan fingerprint density at radius 2 is 1.84 bits per heavy atom. The molecule has 0 N–H and O–H groups in total. The summed E-state index contributed by atoms with van der Waals surface area (Å²) in [5, 5.41) is 4.36. The van der Waals surface area contributed by atoms with Gasteiger partial charge in [0.1, 0.15) is 0 Å². The molecule has 0 unspecified atom stereocenters. The Morgan fingerprint density at radius 1 is 1.08 bits per heavy atom. The van der Waals surface area contributed by atoms with Gasteiger partial charge in [-0.05, 0) is 53.2 Å². The van der Waals surface area contributed by atoms with E-state index >= 15 is 0 Å². The van der Waals surface area contributed by atoms with E-state index in [1.165, 1.54) is 27.9 Å². The number of rotatable bonds is 6. The van der Waals surface area contributed by atoms with E-state index in [0.29, 0.717) is 16.5 Å². The van der Waals surface area contributed by atoms with Crippen LogP contribution in [0.1, 0.15) is 16.7 Å². The van der Waals surface area contributed by atoms with Gasteiger partial charge in [-0.2, -0.15) is 18.3 Å². The third-order valence-corrected chi connectivity index (χ3v) is 7.23. The zero-order valence-electron chi connectivity index (χ0n) is 18.9. The minimum Gasteiger partial charge on any atom is -0.290 e. The molecule has 6 nitrogen and oxygen atoms in total. The SMILES string of the molecule is O=C1SC(=Cc2ccc3c(cnn3Cc3ccc(Cl)cc3C(F)(F)F)c2)C(=O)N1CCN1CC(F)(F)C1. The van der Waals surface area contributed by atoms with Crippen molar-refractivity contribution < 1.29 is 31.5 Å². The molecule has 3 heterocycles. The standard InChI is InChI=1S/C24H18ClF5N4O2S/c25-17-3-2-15(18(9-17)24(28,29)30)11-34-19-4-1-14(7-16(19)10-31-34)8-20-21(35)33(22(36)37-20)6-5-32-12-23(26,27)13-32/h1-4,7-10H,5-6,11-13H2. The van der Waals surface area contributed by atoms with Crippen molar-refractivity contribution in [1.29, 1.82) is 0 Å². The second kappa shape index (κ2) is 9.41. The summed E-state index contributed by atoms with van der Waals surface area (Å²) in [6.45, 7) is -0.703. The molecular weight excluding hydrogens is 539 g/mol. The van der Waals surface area contributed by atoms with E-state index in [0.717, 1.165) is 22.7 Å². The van der Waals surface area contributed by atoms with Crippen LogP contribution in [-0.2, 0) is 17.5 Å². The van der Waals surface area contributed by atoms with Crippen molar-refractivity contribution in [3.05, 3.63) is 69.2 Å². The number of carbonyl (C=O) groups is 2. The van der Waals surface area contributed by atoms with Crippen LogP contribution in [0.3, 0.4) is 0 Å². The van der Waals surface area contributed by atoms with E-state index in [9.17, 15) is 31.5 Å². The number of imide groups is 1. The Morgan fingerprint density at radius 3 is 2.54 bits per heavy atom. The van der Waals surface area contributed by atoms with E-state index in [1.807, 2.05) is 0 Å². The summed E-state index contributed by atoms with van der Waals surface area (Å²) in [6.07, 6.45) is -1.52. The lowest BCUT2D eigenvalue weighted by Gasteiger charge is -2.39. The molecule has 194 valence electrons. The average molecular weight is 557 g/mol. The van der Waals surface area contributed by atoms with Crippen molar-refractivity contribution in [3.63, 3.8) is 0 Å². The minimum absolute atomic E-state index is 0.0154. The lowest BCUT2D eigenvalue weighted by atomic mass is 10.1. The van der Waals surface area contributed by atoms with Crippen LogP contribution in [0.25, 0.3) is 17.0 Å². The maximum atomic E-state index is 13.5. The van der Waals surface area contributed by atoms with E-state index in [-0.39, 0.29) is 48.2 Å². The van der Waals surface area contributed by atoms with Crippen molar-refractivity contribution in [2.75, 3.05) is 26.2 Å². The summed E-state index contributed by atoms with van der Waals surface area (Å²) >= 11 is 6.52.